The molecule has 1 aliphatic rings. The monoisotopic (exact) mass is 524 g/mol. The van der Waals surface area contributed by atoms with Crippen LogP contribution in [0.15, 0.2) is 58.8 Å². The van der Waals surface area contributed by atoms with Crippen molar-refractivity contribution in [1.82, 2.24) is 10.2 Å². The van der Waals surface area contributed by atoms with Crippen LogP contribution in [0.2, 0.25) is 10.0 Å². The zero-order valence-corrected chi connectivity index (χ0v) is 21.0. The number of methoxy groups -OCH3 is 1. The van der Waals surface area contributed by atoms with Crippen LogP contribution in [0.25, 0.3) is 0 Å². The summed E-state index contributed by atoms with van der Waals surface area (Å²) in [4.78, 5) is 27.4. The first kappa shape index (κ1) is 26.1. The lowest BCUT2D eigenvalue weighted by Crippen LogP contribution is -2.45. The van der Waals surface area contributed by atoms with Gasteiger partial charge in [0.15, 0.2) is 9.84 Å². The molecule has 2 amide bonds. The Morgan fingerprint density at radius 3 is 2.56 bits per heavy atom. The summed E-state index contributed by atoms with van der Waals surface area (Å²) >= 11 is 11.8. The topological polar surface area (TPSA) is 92.8 Å². The molecule has 1 aliphatic heterocycles. The van der Waals surface area contributed by atoms with Gasteiger partial charge in [0.05, 0.1) is 23.5 Å². The van der Waals surface area contributed by atoms with Crippen LogP contribution in [-0.2, 0) is 14.6 Å². The second-order valence-corrected chi connectivity index (χ2v) is 10.6. The van der Waals surface area contributed by atoms with Crippen LogP contribution in [0, 0.1) is 5.92 Å². The van der Waals surface area contributed by atoms with Crippen LogP contribution in [0.5, 0.6) is 5.75 Å². The third-order valence-corrected chi connectivity index (χ3v) is 7.47. The summed E-state index contributed by atoms with van der Waals surface area (Å²) in [6, 6.07) is 10.8. The second kappa shape index (κ2) is 11.7. The van der Waals surface area contributed by atoms with Gasteiger partial charge in [-0.15, -0.1) is 0 Å². The number of amides is 2. The number of piperidine rings is 1. The molecule has 0 saturated carbocycles. The fourth-order valence-corrected chi connectivity index (χ4v) is 5.07. The van der Waals surface area contributed by atoms with Gasteiger partial charge in [0.1, 0.15) is 5.75 Å². The highest BCUT2D eigenvalue weighted by atomic mass is 35.5. The SMILES string of the molecule is COc1ccc(Cl)cc1C(=O)N1CCCC(C(=O)NCC/C=C/S(=O)(=O)c2ccc(Cl)cc2)C1. The molecule has 1 N–H and O–H groups in total. The van der Waals surface area contributed by atoms with Gasteiger partial charge in [-0.1, -0.05) is 29.3 Å². The van der Waals surface area contributed by atoms with E-state index in [1.807, 2.05) is 0 Å². The molecular weight excluding hydrogens is 499 g/mol. The molecule has 0 radical (unpaired) electrons. The van der Waals surface area contributed by atoms with Gasteiger partial charge in [-0.05, 0) is 61.7 Å². The Hall–Kier alpha value is -2.55. The van der Waals surface area contributed by atoms with Crippen molar-refractivity contribution in [1.29, 1.82) is 0 Å². The van der Waals surface area contributed by atoms with Crippen molar-refractivity contribution in [2.75, 3.05) is 26.7 Å². The van der Waals surface area contributed by atoms with Crippen LogP contribution < -0.4 is 10.1 Å². The van der Waals surface area contributed by atoms with Crippen LogP contribution in [0.4, 0.5) is 0 Å². The Morgan fingerprint density at radius 1 is 1.15 bits per heavy atom. The van der Waals surface area contributed by atoms with Crippen molar-refractivity contribution in [3.63, 3.8) is 0 Å². The summed E-state index contributed by atoms with van der Waals surface area (Å²) in [5, 5.41) is 4.85. The molecule has 10 heteroatoms. The van der Waals surface area contributed by atoms with E-state index in [1.54, 1.807) is 23.1 Å². The minimum Gasteiger partial charge on any atom is -0.496 e. The number of carbonyl (C=O) groups is 2. The van der Waals surface area contributed by atoms with Gasteiger partial charge in [-0.3, -0.25) is 9.59 Å². The minimum atomic E-state index is -3.57. The lowest BCUT2D eigenvalue weighted by Gasteiger charge is -2.32. The normalized spacial score (nSPS) is 16.4. The highest BCUT2D eigenvalue weighted by molar-refractivity contribution is 7.94. The smallest absolute Gasteiger partial charge is 0.257 e. The summed E-state index contributed by atoms with van der Waals surface area (Å²) in [5.74, 6) is -0.303. The number of hydrogen-bond acceptors (Lipinski definition) is 5. The fourth-order valence-electron chi connectivity index (χ4n) is 3.71. The largest absolute Gasteiger partial charge is 0.496 e. The van der Waals surface area contributed by atoms with Crippen LogP contribution >= 0.6 is 23.2 Å². The van der Waals surface area contributed by atoms with Crippen molar-refractivity contribution in [2.45, 2.75) is 24.2 Å². The molecule has 1 unspecified atom stereocenters. The van der Waals surface area contributed by atoms with Crippen LogP contribution in [0.1, 0.15) is 29.6 Å². The predicted octanol–water partition coefficient (Wildman–Crippen LogP) is 4.35. The highest BCUT2D eigenvalue weighted by Gasteiger charge is 2.30. The lowest BCUT2D eigenvalue weighted by molar-refractivity contribution is -0.126. The zero-order chi connectivity index (χ0) is 24.7. The molecule has 1 saturated heterocycles. The molecule has 1 heterocycles. The van der Waals surface area contributed by atoms with E-state index in [1.165, 1.54) is 37.5 Å². The van der Waals surface area contributed by atoms with Gasteiger partial charge < -0.3 is 15.0 Å². The summed E-state index contributed by atoms with van der Waals surface area (Å²) in [5.41, 5.74) is 0.364. The van der Waals surface area contributed by atoms with Crippen molar-refractivity contribution in [3.8, 4) is 5.75 Å². The molecule has 3 rings (SSSR count). The maximum Gasteiger partial charge on any atom is 0.257 e. The third-order valence-electron chi connectivity index (χ3n) is 5.50. The summed E-state index contributed by atoms with van der Waals surface area (Å²) < 4.78 is 29.9. The number of ether oxygens (including phenoxy) is 1. The number of sulfone groups is 1. The molecular formula is C24H26Cl2N2O5S. The number of hydrogen-bond donors (Lipinski definition) is 1. The molecule has 34 heavy (non-hydrogen) atoms. The van der Waals surface area contributed by atoms with Gasteiger partial charge >= 0.3 is 0 Å². The first-order chi connectivity index (χ1) is 16.2. The Balaban J connectivity index is 1.52. The summed E-state index contributed by atoms with van der Waals surface area (Å²) in [6.45, 7) is 1.13. The Labute approximate surface area is 209 Å². The molecule has 0 bridgehead atoms. The number of nitrogens with one attached hydrogen (secondary N) is 1. The standard InChI is InChI=1S/C24H26Cl2N2O5S/c1-33-22-11-8-19(26)15-21(22)24(30)28-13-4-5-17(16-28)23(29)27-12-2-3-14-34(31,32)20-9-6-18(25)7-10-20/h3,6-11,14-15,17H,2,4-5,12-13,16H2,1H3,(H,27,29)/b14-3+. The number of nitrogens with zero attached hydrogens (tertiary/aromatic N) is 1. The number of likely N-dealkylation sites (tertiary alicyclic amines) is 1. The van der Waals surface area contributed by atoms with E-state index in [9.17, 15) is 18.0 Å². The first-order valence-corrected chi connectivity index (χ1v) is 13.1. The van der Waals surface area contributed by atoms with Crippen LogP contribution in [0.3, 0.4) is 0 Å². The van der Waals surface area contributed by atoms with Gasteiger partial charge in [0.2, 0.25) is 5.91 Å². The highest BCUT2D eigenvalue weighted by Crippen LogP contribution is 2.26. The van der Waals surface area contributed by atoms with Gasteiger partial charge in [-0.2, -0.15) is 0 Å². The maximum atomic E-state index is 13.0. The van der Waals surface area contributed by atoms with E-state index < -0.39 is 9.84 Å². The molecule has 7 nitrogen and oxygen atoms in total. The Morgan fingerprint density at radius 2 is 1.85 bits per heavy atom. The fraction of sp³-hybridized carbons (Fsp3) is 0.333. The third kappa shape index (κ3) is 6.74. The first-order valence-electron chi connectivity index (χ1n) is 10.8. The summed E-state index contributed by atoms with van der Waals surface area (Å²) in [6.07, 6.45) is 3.23. The lowest BCUT2D eigenvalue weighted by atomic mass is 9.96. The average molecular weight is 525 g/mol. The molecule has 2 aromatic carbocycles. The number of carbonyl (C=O) groups excluding carboxylic acids is 2. The van der Waals surface area contributed by atoms with Gasteiger partial charge in [-0.25, -0.2) is 8.42 Å². The molecule has 2 aromatic rings. The van der Waals surface area contributed by atoms with Crippen molar-refractivity contribution < 1.29 is 22.7 Å². The molecule has 1 fully saturated rings. The van der Waals surface area contributed by atoms with E-state index in [4.69, 9.17) is 27.9 Å². The van der Waals surface area contributed by atoms with E-state index in [0.717, 1.165) is 5.41 Å². The van der Waals surface area contributed by atoms with E-state index in [-0.39, 0.29) is 29.2 Å². The number of rotatable bonds is 8. The van der Waals surface area contributed by atoms with Gasteiger partial charge in [0, 0.05) is 35.1 Å². The van der Waals surface area contributed by atoms with E-state index >= 15 is 0 Å². The molecule has 0 spiro atoms. The Kier molecular flexibility index (Phi) is 8.99. The maximum absolute atomic E-state index is 13.0. The van der Waals surface area contributed by atoms with Gasteiger partial charge in [0.25, 0.3) is 5.91 Å². The summed E-state index contributed by atoms with van der Waals surface area (Å²) in [7, 11) is -2.08. The van der Waals surface area contributed by atoms with E-state index in [2.05, 4.69) is 5.32 Å². The zero-order valence-electron chi connectivity index (χ0n) is 18.7. The molecule has 182 valence electrons. The molecule has 0 aliphatic carbocycles. The number of benzene rings is 2. The minimum absolute atomic E-state index is 0.153. The molecule has 1 atom stereocenters. The van der Waals surface area contributed by atoms with Crippen LogP contribution in [-0.4, -0.2) is 51.9 Å². The second-order valence-electron chi connectivity index (χ2n) is 7.89. The van der Waals surface area contributed by atoms with Crippen molar-refractivity contribution in [3.05, 3.63) is 69.6 Å². The van der Waals surface area contributed by atoms with Crippen molar-refractivity contribution in [2.24, 2.45) is 5.92 Å². The Bertz CT molecular complexity index is 1170. The predicted molar refractivity (Wildman–Crippen MR) is 132 cm³/mol. The average Bonchev–Trinajstić information content (AvgIpc) is 2.83. The number of halogens is 2. The quantitative estimate of drug-likeness (QED) is 0.518. The van der Waals surface area contributed by atoms with E-state index in [0.29, 0.717) is 53.7 Å². The molecule has 0 aromatic heterocycles. The van der Waals surface area contributed by atoms with Crippen molar-refractivity contribution >= 4 is 44.9 Å².